The van der Waals surface area contributed by atoms with Gasteiger partial charge in [0.2, 0.25) is 0 Å². The average molecular weight is 337 g/mol. The van der Waals surface area contributed by atoms with Crippen LogP contribution in [0.2, 0.25) is 0 Å². The van der Waals surface area contributed by atoms with E-state index in [1.165, 1.54) is 33.3 Å². The first-order valence-corrected chi connectivity index (χ1v) is 9.59. The normalized spacial score (nSPS) is 16.4. The minimum absolute atomic E-state index is 1.12. The minimum atomic E-state index is 1.12. The summed E-state index contributed by atoms with van der Waals surface area (Å²) in [6.45, 7) is 6.69. The zero-order valence-electron chi connectivity index (χ0n) is 14.7. The van der Waals surface area contributed by atoms with Crippen LogP contribution in [-0.2, 0) is 12.8 Å². The zero-order chi connectivity index (χ0) is 16.7. The fraction of sp³-hybridized carbons (Fsp3) is 0.333. The molecule has 124 valence electrons. The highest BCUT2D eigenvalue weighted by molar-refractivity contribution is 7.08. The van der Waals surface area contributed by atoms with E-state index in [1.807, 2.05) is 0 Å². The lowest BCUT2D eigenvalue weighted by molar-refractivity contribution is 0.351. The standard InChI is InChI=1S/C21H24N2S/c1-15-4-5-20-19(12-15)18-6-9-22(3)10-7-21(18)23(20)13-16(2)17-8-11-24-14-17/h4-5,8,11-14H,6-7,9-10H2,1-3H3/b16-13+. The first kappa shape index (κ1) is 15.7. The first-order valence-electron chi connectivity index (χ1n) is 8.65. The van der Waals surface area contributed by atoms with E-state index in [-0.39, 0.29) is 0 Å². The van der Waals surface area contributed by atoms with Crippen LogP contribution in [0.3, 0.4) is 0 Å². The number of allylic oxidation sites excluding steroid dienone is 1. The predicted octanol–water partition coefficient (Wildman–Crippen LogP) is 5.06. The van der Waals surface area contributed by atoms with E-state index in [4.69, 9.17) is 0 Å². The molecule has 0 fully saturated rings. The Labute approximate surface area is 148 Å². The van der Waals surface area contributed by atoms with E-state index in [0.29, 0.717) is 0 Å². The summed E-state index contributed by atoms with van der Waals surface area (Å²) < 4.78 is 2.45. The van der Waals surface area contributed by atoms with Crippen LogP contribution in [0.15, 0.2) is 35.0 Å². The summed E-state index contributed by atoms with van der Waals surface area (Å²) in [6, 6.07) is 9.10. The Balaban J connectivity index is 1.93. The lowest BCUT2D eigenvalue weighted by Gasteiger charge is -2.13. The zero-order valence-corrected chi connectivity index (χ0v) is 15.5. The maximum absolute atomic E-state index is 2.45. The van der Waals surface area contributed by atoms with Crippen molar-refractivity contribution in [1.29, 1.82) is 0 Å². The molecular formula is C21H24N2S. The Morgan fingerprint density at radius 3 is 2.79 bits per heavy atom. The van der Waals surface area contributed by atoms with Crippen LogP contribution in [0.1, 0.15) is 29.3 Å². The van der Waals surface area contributed by atoms with Crippen LogP contribution in [0.25, 0.3) is 22.7 Å². The second-order valence-electron chi connectivity index (χ2n) is 6.94. The summed E-state index contributed by atoms with van der Waals surface area (Å²) in [5.74, 6) is 0. The Morgan fingerprint density at radius 2 is 2.00 bits per heavy atom. The molecule has 2 nitrogen and oxygen atoms in total. The van der Waals surface area contributed by atoms with Crippen molar-refractivity contribution in [3.63, 3.8) is 0 Å². The Kier molecular flexibility index (Phi) is 4.07. The van der Waals surface area contributed by atoms with E-state index in [9.17, 15) is 0 Å². The molecule has 1 aromatic carbocycles. The highest BCUT2D eigenvalue weighted by Gasteiger charge is 2.20. The number of benzene rings is 1. The largest absolute Gasteiger partial charge is 0.320 e. The monoisotopic (exact) mass is 336 g/mol. The molecule has 0 amide bonds. The van der Waals surface area contributed by atoms with Gasteiger partial charge in [-0.05, 0) is 73.0 Å². The fourth-order valence-electron chi connectivity index (χ4n) is 3.71. The Hall–Kier alpha value is -1.84. The third-order valence-corrected chi connectivity index (χ3v) is 5.83. The van der Waals surface area contributed by atoms with Crippen LogP contribution in [-0.4, -0.2) is 29.6 Å². The van der Waals surface area contributed by atoms with Gasteiger partial charge in [-0.15, -0.1) is 0 Å². The fourth-order valence-corrected chi connectivity index (χ4v) is 4.43. The van der Waals surface area contributed by atoms with Crippen molar-refractivity contribution >= 4 is 34.0 Å². The summed E-state index contributed by atoms with van der Waals surface area (Å²) in [4.78, 5) is 2.45. The molecule has 0 spiro atoms. The molecule has 0 unspecified atom stereocenters. The molecule has 4 rings (SSSR count). The lowest BCUT2D eigenvalue weighted by atomic mass is 10.1. The molecule has 2 aromatic heterocycles. The van der Waals surface area contributed by atoms with Crippen molar-refractivity contribution in [3.05, 3.63) is 57.4 Å². The van der Waals surface area contributed by atoms with Crippen molar-refractivity contribution in [2.24, 2.45) is 0 Å². The van der Waals surface area contributed by atoms with E-state index in [0.717, 1.165) is 25.9 Å². The number of fused-ring (bicyclic) bond motifs is 3. The third kappa shape index (κ3) is 2.72. The maximum Gasteiger partial charge on any atom is 0.0528 e. The minimum Gasteiger partial charge on any atom is -0.320 e. The molecule has 0 bridgehead atoms. The lowest BCUT2D eigenvalue weighted by Crippen LogP contribution is -2.21. The van der Waals surface area contributed by atoms with Crippen LogP contribution < -0.4 is 0 Å². The van der Waals surface area contributed by atoms with Crippen molar-refractivity contribution < 1.29 is 0 Å². The molecule has 0 radical (unpaired) electrons. The molecule has 3 heterocycles. The van der Waals surface area contributed by atoms with E-state index < -0.39 is 0 Å². The van der Waals surface area contributed by atoms with Gasteiger partial charge < -0.3 is 9.47 Å². The first-order chi connectivity index (χ1) is 11.6. The molecule has 0 N–H and O–H groups in total. The molecule has 3 heteroatoms. The molecule has 1 aliphatic heterocycles. The highest BCUT2D eigenvalue weighted by Crippen LogP contribution is 2.31. The summed E-state index contributed by atoms with van der Waals surface area (Å²) in [5, 5.41) is 5.82. The van der Waals surface area contributed by atoms with Gasteiger partial charge >= 0.3 is 0 Å². The number of hydrogen-bond donors (Lipinski definition) is 0. The number of aromatic nitrogens is 1. The van der Waals surface area contributed by atoms with Gasteiger partial charge in [-0.1, -0.05) is 11.6 Å². The number of aryl methyl sites for hydroxylation is 1. The number of hydrogen-bond acceptors (Lipinski definition) is 2. The summed E-state index contributed by atoms with van der Waals surface area (Å²) >= 11 is 1.76. The quantitative estimate of drug-likeness (QED) is 0.635. The van der Waals surface area contributed by atoms with Crippen LogP contribution in [0.4, 0.5) is 0 Å². The van der Waals surface area contributed by atoms with E-state index >= 15 is 0 Å². The maximum atomic E-state index is 2.45. The van der Waals surface area contributed by atoms with Gasteiger partial charge in [0.05, 0.1) is 5.52 Å². The highest BCUT2D eigenvalue weighted by atomic mass is 32.1. The molecule has 0 atom stereocenters. The topological polar surface area (TPSA) is 8.17 Å². The van der Waals surface area contributed by atoms with Gasteiger partial charge in [0.1, 0.15) is 0 Å². The van der Waals surface area contributed by atoms with Crippen molar-refractivity contribution in [3.8, 4) is 0 Å². The van der Waals surface area contributed by atoms with Crippen LogP contribution in [0, 0.1) is 6.92 Å². The summed E-state index contributed by atoms with van der Waals surface area (Å²) in [5.41, 5.74) is 8.40. The van der Waals surface area contributed by atoms with E-state index in [2.05, 4.69) is 71.6 Å². The number of rotatable bonds is 2. The molecule has 0 aliphatic carbocycles. The number of nitrogens with zero attached hydrogens (tertiary/aromatic N) is 2. The number of likely N-dealkylation sites (N-methyl/N-ethyl adjacent to an activating group) is 1. The summed E-state index contributed by atoms with van der Waals surface area (Å²) in [6.07, 6.45) is 4.60. The van der Waals surface area contributed by atoms with Gasteiger partial charge in [0, 0.05) is 36.8 Å². The molecule has 3 aromatic rings. The molecular weight excluding hydrogens is 312 g/mol. The third-order valence-electron chi connectivity index (χ3n) is 5.15. The van der Waals surface area contributed by atoms with E-state index in [1.54, 1.807) is 16.9 Å². The van der Waals surface area contributed by atoms with Crippen LogP contribution in [0.5, 0.6) is 0 Å². The van der Waals surface area contributed by atoms with Crippen molar-refractivity contribution in [1.82, 2.24) is 9.47 Å². The van der Waals surface area contributed by atoms with Gasteiger partial charge in [-0.2, -0.15) is 11.3 Å². The summed E-state index contributed by atoms with van der Waals surface area (Å²) in [7, 11) is 2.23. The smallest absolute Gasteiger partial charge is 0.0528 e. The van der Waals surface area contributed by atoms with Gasteiger partial charge in [-0.25, -0.2) is 0 Å². The second-order valence-corrected chi connectivity index (χ2v) is 7.72. The molecule has 0 saturated carbocycles. The number of thiophene rings is 1. The Morgan fingerprint density at radius 1 is 1.17 bits per heavy atom. The van der Waals surface area contributed by atoms with Crippen molar-refractivity contribution in [2.75, 3.05) is 20.1 Å². The average Bonchev–Trinajstić information content (AvgIpc) is 3.13. The van der Waals surface area contributed by atoms with Crippen LogP contribution >= 0.6 is 11.3 Å². The molecule has 0 saturated heterocycles. The van der Waals surface area contributed by atoms with Gasteiger partial charge in [-0.3, -0.25) is 0 Å². The van der Waals surface area contributed by atoms with Crippen molar-refractivity contribution in [2.45, 2.75) is 26.7 Å². The molecule has 1 aliphatic rings. The van der Waals surface area contributed by atoms with Gasteiger partial charge in [0.25, 0.3) is 0 Å². The SMILES string of the molecule is C/C(=C\n1c2c(c3cc(C)ccc31)CCN(C)CC2)c1ccsc1. The van der Waals surface area contributed by atoms with Gasteiger partial charge in [0.15, 0.2) is 0 Å². The molecule has 24 heavy (non-hydrogen) atoms. The second kappa shape index (κ2) is 6.23. The Bertz CT molecular complexity index is 900. The predicted molar refractivity (Wildman–Crippen MR) is 106 cm³/mol.